The Bertz CT molecular complexity index is 924. The molecule has 0 aliphatic heterocycles. The van der Waals surface area contributed by atoms with Crippen LogP contribution in [0.5, 0.6) is 11.5 Å². The van der Waals surface area contributed by atoms with Gasteiger partial charge in [-0.3, -0.25) is 0 Å². The molecule has 0 atom stereocenters. The topological polar surface area (TPSA) is 49.2 Å². The highest BCUT2D eigenvalue weighted by Gasteiger charge is 2.16. The highest BCUT2D eigenvalue weighted by Crippen LogP contribution is 2.32. The fourth-order valence-corrected chi connectivity index (χ4v) is 4.17. The minimum absolute atomic E-state index is 0.625. The third-order valence-corrected chi connectivity index (χ3v) is 5.62. The second-order valence-electron chi connectivity index (χ2n) is 5.68. The maximum atomic E-state index is 6.27. The molecule has 0 amide bonds. The number of thioether (sulfide) groups is 1. The first-order chi connectivity index (χ1) is 13.0. The number of halogens is 2. The molecule has 8 heteroatoms. The van der Waals surface area contributed by atoms with Crippen LogP contribution >= 0.6 is 35.0 Å². The van der Waals surface area contributed by atoms with E-state index >= 15 is 0 Å². The Morgan fingerprint density at radius 3 is 2.30 bits per heavy atom. The molecule has 0 fully saturated rings. The minimum Gasteiger partial charge on any atom is -0.497 e. The maximum absolute atomic E-state index is 6.27. The number of nitrogens with zero attached hydrogens (tertiary/aromatic N) is 3. The van der Waals surface area contributed by atoms with Crippen LogP contribution < -0.4 is 9.47 Å². The number of aromatic nitrogens is 3. The molecule has 3 aromatic rings. The quantitative estimate of drug-likeness (QED) is 0.464. The molecule has 0 aliphatic carbocycles. The van der Waals surface area contributed by atoms with Crippen molar-refractivity contribution >= 4 is 35.0 Å². The van der Waals surface area contributed by atoms with E-state index in [-0.39, 0.29) is 0 Å². The molecule has 0 N–H and O–H groups in total. The van der Waals surface area contributed by atoms with Gasteiger partial charge in [-0.05, 0) is 36.8 Å². The summed E-state index contributed by atoms with van der Waals surface area (Å²) in [4.78, 5) is 0. The summed E-state index contributed by atoms with van der Waals surface area (Å²) >= 11 is 13.8. The molecule has 142 valence electrons. The standard InChI is InChI=1S/C19H19Cl2N3O2S/c1-4-24-18(13-7-15(25-2)10-16(8-13)26-3)22-23-19(24)27-11-12-5-6-14(20)9-17(12)21/h5-10H,4,11H2,1-3H3. The zero-order valence-corrected chi connectivity index (χ0v) is 17.5. The molecule has 0 aliphatic rings. The van der Waals surface area contributed by atoms with Gasteiger partial charge in [0.2, 0.25) is 0 Å². The van der Waals surface area contributed by atoms with E-state index in [1.807, 2.05) is 30.3 Å². The summed E-state index contributed by atoms with van der Waals surface area (Å²) in [5.41, 5.74) is 1.89. The highest BCUT2D eigenvalue weighted by atomic mass is 35.5. The van der Waals surface area contributed by atoms with Gasteiger partial charge in [0.05, 0.1) is 14.2 Å². The van der Waals surface area contributed by atoms with Gasteiger partial charge in [-0.2, -0.15) is 0 Å². The first-order valence-electron chi connectivity index (χ1n) is 8.29. The SMILES string of the molecule is CCn1c(SCc2ccc(Cl)cc2Cl)nnc1-c1cc(OC)cc(OC)c1. The maximum Gasteiger partial charge on any atom is 0.191 e. The molecule has 1 aromatic heterocycles. The van der Waals surface area contributed by atoms with Crippen LogP contribution in [0, 0.1) is 0 Å². The van der Waals surface area contributed by atoms with Crippen LogP contribution in [0.1, 0.15) is 12.5 Å². The monoisotopic (exact) mass is 423 g/mol. The van der Waals surface area contributed by atoms with Crippen LogP contribution in [0.15, 0.2) is 41.6 Å². The number of methoxy groups -OCH3 is 2. The van der Waals surface area contributed by atoms with E-state index in [1.165, 1.54) is 0 Å². The Morgan fingerprint density at radius 1 is 1.00 bits per heavy atom. The van der Waals surface area contributed by atoms with Crippen molar-refractivity contribution in [3.8, 4) is 22.9 Å². The van der Waals surface area contributed by atoms with Gasteiger partial charge >= 0.3 is 0 Å². The number of benzene rings is 2. The molecule has 0 bridgehead atoms. The summed E-state index contributed by atoms with van der Waals surface area (Å²) in [6.07, 6.45) is 0. The molecule has 0 saturated carbocycles. The van der Waals surface area contributed by atoms with Crippen LogP contribution in [-0.2, 0) is 12.3 Å². The third-order valence-electron chi connectivity index (χ3n) is 4.01. The van der Waals surface area contributed by atoms with Crippen molar-refractivity contribution in [1.29, 1.82) is 0 Å². The van der Waals surface area contributed by atoms with Gasteiger partial charge in [-0.25, -0.2) is 0 Å². The predicted molar refractivity (Wildman–Crippen MR) is 110 cm³/mol. The molecule has 0 saturated heterocycles. The summed E-state index contributed by atoms with van der Waals surface area (Å²) in [6.45, 7) is 2.79. The van der Waals surface area contributed by atoms with Crippen LogP contribution in [0.25, 0.3) is 11.4 Å². The van der Waals surface area contributed by atoms with E-state index in [0.29, 0.717) is 27.3 Å². The molecular weight excluding hydrogens is 405 g/mol. The van der Waals surface area contributed by atoms with Gasteiger partial charge in [-0.1, -0.05) is 41.0 Å². The van der Waals surface area contributed by atoms with Crippen molar-refractivity contribution in [2.45, 2.75) is 24.4 Å². The van der Waals surface area contributed by atoms with Gasteiger partial charge in [0.15, 0.2) is 11.0 Å². The molecule has 5 nitrogen and oxygen atoms in total. The zero-order chi connectivity index (χ0) is 19.4. The Kier molecular flexibility index (Phi) is 6.52. The van der Waals surface area contributed by atoms with Crippen molar-refractivity contribution < 1.29 is 9.47 Å². The molecule has 27 heavy (non-hydrogen) atoms. The van der Waals surface area contributed by atoms with E-state index in [0.717, 1.165) is 28.7 Å². The molecule has 0 radical (unpaired) electrons. The molecule has 0 spiro atoms. The average molecular weight is 424 g/mol. The summed E-state index contributed by atoms with van der Waals surface area (Å²) < 4.78 is 12.8. The fraction of sp³-hybridized carbons (Fsp3) is 0.263. The van der Waals surface area contributed by atoms with Crippen LogP contribution in [-0.4, -0.2) is 29.0 Å². The van der Waals surface area contributed by atoms with Crippen molar-refractivity contribution in [3.63, 3.8) is 0 Å². The Balaban J connectivity index is 1.89. The highest BCUT2D eigenvalue weighted by molar-refractivity contribution is 7.98. The second-order valence-corrected chi connectivity index (χ2v) is 7.46. The number of hydrogen-bond acceptors (Lipinski definition) is 5. The van der Waals surface area contributed by atoms with E-state index in [2.05, 4.69) is 21.7 Å². The molecule has 2 aromatic carbocycles. The lowest BCUT2D eigenvalue weighted by molar-refractivity contribution is 0.394. The van der Waals surface area contributed by atoms with E-state index in [9.17, 15) is 0 Å². The van der Waals surface area contributed by atoms with Crippen molar-refractivity contribution in [3.05, 3.63) is 52.0 Å². The minimum atomic E-state index is 0.625. The zero-order valence-electron chi connectivity index (χ0n) is 15.2. The van der Waals surface area contributed by atoms with Crippen molar-refractivity contribution in [2.24, 2.45) is 0 Å². The smallest absolute Gasteiger partial charge is 0.191 e. The molecule has 3 rings (SSSR count). The Hall–Kier alpha value is -1.89. The summed E-state index contributed by atoms with van der Waals surface area (Å²) in [5, 5.41) is 10.8. The van der Waals surface area contributed by atoms with Gasteiger partial charge in [0.1, 0.15) is 11.5 Å². The van der Waals surface area contributed by atoms with Gasteiger partial charge in [0, 0.05) is 34.0 Å². The van der Waals surface area contributed by atoms with Crippen LogP contribution in [0.3, 0.4) is 0 Å². The van der Waals surface area contributed by atoms with Crippen LogP contribution in [0.4, 0.5) is 0 Å². The van der Waals surface area contributed by atoms with E-state index in [1.54, 1.807) is 32.0 Å². The number of hydrogen-bond donors (Lipinski definition) is 0. The lowest BCUT2D eigenvalue weighted by Crippen LogP contribution is -2.00. The molecule has 1 heterocycles. The number of rotatable bonds is 7. The van der Waals surface area contributed by atoms with Gasteiger partial charge in [0.25, 0.3) is 0 Å². The fourth-order valence-electron chi connectivity index (χ4n) is 2.61. The second kappa shape index (κ2) is 8.87. The largest absolute Gasteiger partial charge is 0.497 e. The normalized spacial score (nSPS) is 10.9. The lowest BCUT2D eigenvalue weighted by atomic mass is 10.2. The van der Waals surface area contributed by atoms with E-state index < -0.39 is 0 Å². The summed E-state index contributed by atoms with van der Waals surface area (Å²) in [6, 6.07) is 11.2. The van der Waals surface area contributed by atoms with E-state index in [4.69, 9.17) is 32.7 Å². The third kappa shape index (κ3) is 4.51. The average Bonchev–Trinajstić information content (AvgIpc) is 3.09. The predicted octanol–water partition coefficient (Wildman–Crippen LogP) is 5.58. The molecule has 0 unspecified atom stereocenters. The van der Waals surface area contributed by atoms with Crippen molar-refractivity contribution in [2.75, 3.05) is 14.2 Å². The Labute approximate surface area is 172 Å². The summed E-state index contributed by atoms with van der Waals surface area (Å²) in [5.74, 6) is 2.85. The van der Waals surface area contributed by atoms with Gasteiger partial charge < -0.3 is 14.0 Å². The Morgan fingerprint density at radius 2 is 1.70 bits per heavy atom. The number of ether oxygens (including phenoxy) is 2. The van der Waals surface area contributed by atoms with Gasteiger partial charge in [-0.15, -0.1) is 10.2 Å². The van der Waals surface area contributed by atoms with Crippen molar-refractivity contribution in [1.82, 2.24) is 14.8 Å². The van der Waals surface area contributed by atoms with Crippen LogP contribution in [0.2, 0.25) is 10.0 Å². The summed E-state index contributed by atoms with van der Waals surface area (Å²) in [7, 11) is 3.25. The first kappa shape index (κ1) is 19.9. The lowest BCUT2D eigenvalue weighted by Gasteiger charge is -2.10. The molecular formula is C19H19Cl2N3O2S. The first-order valence-corrected chi connectivity index (χ1v) is 10.0.